The highest BCUT2D eigenvalue weighted by Gasteiger charge is 2.30. The molecule has 4 rings (SSSR count). The van der Waals surface area contributed by atoms with Crippen molar-refractivity contribution in [2.45, 2.75) is 25.7 Å². The SMILES string of the molecule is CC1(C)Cc2ccccc2-c2ccc(-c3ccccc3)cc21. The molecule has 0 bridgehead atoms. The molecule has 0 N–H and O–H groups in total. The van der Waals surface area contributed by atoms with E-state index in [-0.39, 0.29) is 5.41 Å². The Labute approximate surface area is 132 Å². The molecule has 0 aliphatic heterocycles. The third kappa shape index (κ3) is 2.07. The molecule has 0 saturated heterocycles. The topological polar surface area (TPSA) is 0 Å². The molecule has 0 unspecified atom stereocenters. The first-order chi connectivity index (χ1) is 10.6. The molecule has 0 atom stereocenters. The summed E-state index contributed by atoms with van der Waals surface area (Å²) in [5.41, 5.74) is 8.50. The standard InChI is InChI=1S/C22H20/c1-22(2)15-18-10-6-7-11-19(18)20-13-12-17(14-21(20)22)16-8-4-3-5-9-16/h3-14H,15H2,1-2H3. The van der Waals surface area contributed by atoms with Gasteiger partial charge >= 0.3 is 0 Å². The van der Waals surface area contributed by atoms with Gasteiger partial charge in [0.25, 0.3) is 0 Å². The Kier molecular flexibility index (Phi) is 2.94. The lowest BCUT2D eigenvalue weighted by molar-refractivity contribution is 0.517. The van der Waals surface area contributed by atoms with Gasteiger partial charge in [0.05, 0.1) is 0 Å². The monoisotopic (exact) mass is 284 g/mol. The lowest BCUT2D eigenvalue weighted by Gasteiger charge is -2.34. The number of fused-ring (bicyclic) bond motifs is 3. The van der Waals surface area contributed by atoms with Crippen LogP contribution in [0.3, 0.4) is 0 Å². The van der Waals surface area contributed by atoms with Gasteiger partial charge in [0, 0.05) is 0 Å². The predicted molar refractivity (Wildman–Crippen MR) is 94.0 cm³/mol. The Bertz CT molecular complexity index is 826. The number of rotatable bonds is 1. The highest BCUT2D eigenvalue weighted by Crippen LogP contribution is 2.44. The van der Waals surface area contributed by atoms with Crippen molar-refractivity contribution in [3.63, 3.8) is 0 Å². The van der Waals surface area contributed by atoms with Crippen molar-refractivity contribution >= 4 is 0 Å². The zero-order chi connectivity index (χ0) is 15.2. The zero-order valence-corrected chi connectivity index (χ0v) is 13.1. The van der Waals surface area contributed by atoms with Crippen molar-refractivity contribution in [2.24, 2.45) is 0 Å². The second kappa shape index (κ2) is 4.84. The summed E-state index contributed by atoms with van der Waals surface area (Å²) in [5, 5.41) is 0. The summed E-state index contributed by atoms with van der Waals surface area (Å²) in [6.45, 7) is 4.72. The van der Waals surface area contributed by atoms with Crippen molar-refractivity contribution in [1.82, 2.24) is 0 Å². The van der Waals surface area contributed by atoms with Crippen LogP contribution in [0.1, 0.15) is 25.0 Å². The van der Waals surface area contributed by atoms with E-state index in [1.807, 2.05) is 0 Å². The Hall–Kier alpha value is -2.34. The average molecular weight is 284 g/mol. The molecule has 1 aliphatic carbocycles. The molecule has 0 nitrogen and oxygen atoms in total. The van der Waals surface area contributed by atoms with Crippen LogP contribution in [0.2, 0.25) is 0 Å². The fourth-order valence-electron chi connectivity index (χ4n) is 3.66. The Morgan fingerprint density at radius 3 is 2.23 bits per heavy atom. The second-order valence-electron chi connectivity index (χ2n) is 6.84. The third-order valence-corrected chi connectivity index (χ3v) is 4.80. The van der Waals surface area contributed by atoms with Crippen molar-refractivity contribution in [2.75, 3.05) is 0 Å². The van der Waals surface area contributed by atoms with E-state index < -0.39 is 0 Å². The maximum atomic E-state index is 2.39. The van der Waals surface area contributed by atoms with Crippen molar-refractivity contribution in [3.8, 4) is 22.3 Å². The van der Waals surface area contributed by atoms with Gasteiger partial charge < -0.3 is 0 Å². The minimum absolute atomic E-state index is 0.175. The van der Waals surface area contributed by atoms with Gasteiger partial charge in [-0.2, -0.15) is 0 Å². The number of hydrogen-bond acceptors (Lipinski definition) is 0. The van der Waals surface area contributed by atoms with E-state index >= 15 is 0 Å². The zero-order valence-electron chi connectivity index (χ0n) is 13.1. The minimum atomic E-state index is 0.175. The second-order valence-corrected chi connectivity index (χ2v) is 6.84. The van der Waals surface area contributed by atoms with E-state index in [2.05, 4.69) is 86.6 Å². The molecule has 0 radical (unpaired) electrons. The molecule has 0 amide bonds. The molecule has 0 fully saturated rings. The average Bonchev–Trinajstić information content (AvgIpc) is 2.55. The van der Waals surface area contributed by atoms with Crippen LogP contribution in [0.5, 0.6) is 0 Å². The quantitative estimate of drug-likeness (QED) is 0.525. The van der Waals surface area contributed by atoms with Gasteiger partial charge in [-0.05, 0) is 51.3 Å². The first-order valence-corrected chi connectivity index (χ1v) is 7.93. The van der Waals surface area contributed by atoms with Gasteiger partial charge in [-0.25, -0.2) is 0 Å². The maximum Gasteiger partial charge on any atom is -0.00566 e. The van der Waals surface area contributed by atoms with Gasteiger partial charge in [0.1, 0.15) is 0 Å². The molecule has 3 aromatic rings. The van der Waals surface area contributed by atoms with Crippen LogP contribution in [0.4, 0.5) is 0 Å². The first kappa shape index (κ1) is 13.3. The predicted octanol–water partition coefficient (Wildman–Crippen LogP) is 5.85. The fraction of sp³-hybridized carbons (Fsp3) is 0.182. The van der Waals surface area contributed by atoms with Crippen LogP contribution in [0, 0.1) is 0 Å². The van der Waals surface area contributed by atoms with E-state index in [0.717, 1.165) is 6.42 Å². The third-order valence-electron chi connectivity index (χ3n) is 4.80. The summed E-state index contributed by atoms with van der Waals surface area (Å²) >= 11 is 0. The van der Waals surface area contributed by atoms with E-state index in [4.69, 9.17) is 0 Å². The van der Waals surface area contributed by atoms with Crippen LogP contribution in [0.25, 0.3) is 22.3 Å². The molecule has 1 aliphatic rings. The van der Waals surface area contributed by atoms with Crippen molar-refractivity contribution in [1.29, 1.82) is 0 Å². The van der Waals surface area contributed by atoms with Gasteiger partial charge in [0.15, 0.2) is 0 Å². The highest BCUT2D eigenvalue weighted by atomic mass is 14.3. The van der Waals surface area contributed by atoms with Crippen LogP contribution in [-0.2, 0) is 11.8 Å². The van der Waals surface area contributed by atoms with E-state index in [0.29, 0.717) is 0 Å². The van der Waals surface area contributed by atoms with Gasteiger partial charge in [-0.3, -0.25) is 0 Å². The molecule has 0 heteroatoms. The van der Waals surface area contributed by atoms with Crippen LogP contribution >= 0.6 is 0 Å². The molecule has 108 valence electrons. The molecular weight excluding hydrogens is 264 g/mol. The summed E-state index contributed by atoms with van der Waals surface area (Å²) in [7, 11) is 0. The number of benzene rings is 3. The number of hydrogen-bond donors (Lipinski definition) is 0. The lowest BCUT2D eigenvalue weighted by Crippen LogP contribution is -2.25. The highest BCUT2D eigenvalue weighted by molar-refractivity contribution is 5.78. The molecule has 0 aromatic heterocycles. The van der Waals surface area contributed by atoms with Gasteiger partial charge in [-0.1, -0.05) is 80.6 Å². The largest absolute Gasteiger partial charge is 0.0622 e. The van der Waals surface area contributed by atoms with E-state index in [9.17, 15) is 0 Å². The maximum absolute atomic E-state index is 2.39. The van der Waals surface area contributed by atoms with Gasteiger partial charge in [0.2, 0.25) is 0 Å². The molecule has 22 heavy (non-hydrogen) atoms. The molecular formula is C22H20. The smallest absolute Gasteiger partial charge is 0.00566 e. The molecule has 0 saturated carbocycles. The Morgan fingerprint density at radius 1 is 0.682 bits per heavy atom. The van der Waals surface area contributed by atoms with Gasteiger partial charge in [-0.15, -0.1) is 0 Å². The molecule has 0 heterocycles. The molecule has 3 aromatic carbocycles. The van der Waals surface area contributed by atoms with Crippen LogP contribution < -0.4 is 0 Å². The van der Waals surface area contributed by atoms with E-state index in [1.165, 1.54) is 33.4 Å². The summed E-state index contributed by atoms with van der Waals surface area (Å²) in [5.74, 6) is 0. The summed E-state index contributed by atoms with van der Waals surface area (Å²) < 4.78 is 0. The van der Waals surface area contributed by atoms with Crippen molar-refractivity contribution < 1.29 is 0 Å². The van der Waals surface area contributed by atoms with Crippen LogP contribution in [0.15, 0.2) is 72.8 Å². The summed E-state index contributed by atoms with van der Waals surface area (Å²) in [4.78, 5) is 0. The Balaban J connectivity index is 1.93. The summed E-state index contributed by atoms with van der Waals surface area (Å²) in [6, 6.07) is 26.4. The minimum Gasteiger partial charge on any atom is -0.0622 e. The molecule has 0 spiro atoms. The van der Waals surface area contributed by atoms with E-state index in [1.54, 1.807) is 0 Å². The Morgan fingerprint density at radius 2 is 1.41 bits per heavy atom. The normalized spacial score (nSPS) is 15.0. The van der Waals surface area contributed by atoms with Crippen molar-refractivity contribution in [3.05, 3.63) is 83.9 Å². The fourth-order valence-corrected chi connectivity index (χ4v) is 3.66. The first-order valence-electron chi connectivity index (χ1n) is 7.93. The lowest BCUT2D eigenvalue weighted by atomic mass is 9.69. The van der Waals surface area contributed by atoms with Crippen LogP contribution in [-0.4, -0.2) is 0 Å². The summed E-state index contributed by atoms with van der Waals surface area (Å²) in [6.07, 6.45) is 1.11.